The molecule has 60 heavy (non-hydrogen) atoms. The van der Waals surface area contributed by atoms with E-state index in [-0.39, 0.29) is 5.75 Å². The SMILES string of the molecule is Oc1c(N(c2ccccc2)c2ccc(-c3ccccc3)c3ccccc23)cccc1N(c1ccc2c(c1)sc1ccccc12)c1ccc(-c2ccccc2)c2ccccc12. The van der Waals surface area contributed by atoms with Gasteiger partial charge in [-0.05, 0) is 87.6 Å². The molecule has 0 saturated carbocycles. The first-order valence-corrected chi connectivity index (χ1v) is 21.1. The number of hydrogen-bond acceptors (Lipinski definition) is 4. The lowest BCUT2D eigenvalue weighted by molar-refractivity contribution is 0.478. The van der Waals surface area contributed by atoms with Crippen molar-refractivity contribution in [3.05, 3.63) is 224 Å². The Bertz CT molecular complexity index is 3340. The molecule has 0 aliphatic heterocycles. The number of aromatic hydroxyl groups is 1. The molecule has 1 heterocycles. The van der Waals surface area contributed by atoms with Crippen molar-refractivity contribution in [3.63, 3.8) is 0 Å². The second-order valence-corrected chi connectivity index (χ2v) is 16.1. The Labute approximate surface area is 352 Å². The first-order valence-electron chi connectivity index (χ1n) is 20.2. The maximum atomic E-state index is 13.0. The van der Waals surface area contributed by atoms with Crippen LogP contribution in [0.2, 0.25) is 0 Å². The Morgan fingerprint density at radius 1 is 0.300 bits per heavy atom. The largest absolute Gasteiger partial charge is 0.504 e. The number of nitrogens with zero attached hydrogens (tertiary/aromatic N) is 2. The zero-order chi connectivity index (χ0) is 40.0. The van der Waals surface area contributed by atoms with Crippen molar-refractivity contribution in [2.24, 2.45) is 0 Å². The van der Waals surface area contributed by atoms with Crippen LogP contribution in [0.25, 0.3) is 64.0 Å². The highest BCUT2D eigenvalue weighted by Gasteiger charge is 2.26. The summed E-state index contributed by atoms with van der Waals surface area (Å²) in [7, 11) is 0. The lowest BCUT2D eigenvalue weighted by Crippen LogP contribution is -2.14. The van der Waals surface area contributed by atoms with Crippen molar-refractivity contribution in [2.75, 3.05) is 9.80 Å². The molecule has 284 valence electrons. The molecule has 1 N–H and O–H groups in total. The van der Waals surface area contributed by atoms with Crippen LogP contribution in [0.3, 0.4) is 0 Å². The van der Waals surface area contributed by atoms with Gasteiger partial charge in [-0.15, -0.1) is 11.3 Å². The molecule has 10 aromatic carbocycles. The van der Waals surface area contributed by atoms with Gasteiger partial charge in [0.1, 0.15) is 0 Å². The number of phenols is 1. The Kier molecular flexibility index (Phi) is 8.84. The molecule has 11 rings (SSSR count). The third-order valence-electron chi connectivity index (χ3n) is 11.6. The number of anilines is 6. The van der Waals surface area contributed by atoms with E-state index in [4.69, 9.17) is 0 Å². The summed E-state index contributed by atoms with van der Waals surface area (Å²) in [5.74, 6) is 0.172. The average Bonchev–Trinajstić information content (AvgIpc) is 3.69. The van der Waals surface area contributed by atoms with Gasteiger partial charge in [0.25, 0.3) is 0 Å². The molecule has 0 radical (unpaired) electrons. The number of hydrogen-bond donors (Lipinski definition) is 1. The fraction of sp³-hybridized carbons (Fsp3) is 0. The maximum Gasteiger partial charge on any atom is 0.163 e. The van der Waals surface area contributed by atoms with Gasteiger partial charge in [0, 0.05) is 42.3 Å². The summed E-state index contributed by atoms with van der Waals surface area (Å²) in [5, 5.41) is 20.0. The molecule has 0 fully saturated rings. The number of phenolic OH excluding ortho intramolecular Hbond substituents is 1. The lowest BCUT2D eigenvalue weighted by Gasteiger charge is -2.32. The first kappa shape index (κ1) is 35.5. The van der Waals surface area contributed by atoms with Crippen LogP contribution in [0.5, 0.6) is 5.75 Å². The molecule has 0 unspecified atom stereocenters. The van der Waals surface area contributed by atoms with Gasteiger partial charge in [0.2, 0.25) is 0 Å². The molecule has 0 saturated heterocycles. The van der Waals surface area contributed by atoms with Gasteiger partial charge >= 0.3 is 0 Å². The predicted molar refractivity (Wildman–Crippen MR) is 256 cm³/mol. The first-order chi connectivity index (χ1) is 29.7. The zero-order valence-electron chi connectivity index (χ0n) is 32.6. The molecule has 3 nitrogen and oxygen atoms in total. The summed E-state index contributed by atoms with van der Waals surface area (Å²) in [5.41, 5.74) is 9.85. The van der Waals surface area contributed by atoms with E-state index in [1.807, 2.05) is 18.2 Å². The predicted octanol–water partition coefficient (Wildman–Crippen LogP) is 16.3. The second kappa shape index (κ2) is 14.9. The normalized spacial score (nSPS) is 11.4. The number of rotatable bonds is 8. The van der Waals surface area contributed by atoms with E-state index in [9.17, 15) is 5.11 Å². The summed E-state index contributed by atoms with van der Waals surface area (Å²) >= 11 is 1.80. The van der Waals surface area contributed by atoms with Gasteiger partial charge in [-0.25, -0.2) is 0 Å². The molecule has 0 atom stereocenters. The Morgan fingerprint density at radius 2 is 0.750 bits per heavy atom. The molecule has 0 spiro atoms. The van der Waals surface area contributed by atoms with Gasteiger partial charge in [0.05, 0.1) is 22.7 Å². The van der Waals surface area contributed by atoms with Crippen LogP contribution in [0.1, 0.15) is 0 Å². The smallest absolute Gasteiger partial charge is 0.163 e. The van der Waals surface area contributed by atoms with E-state index in [2.05, 4.69) is 216 Å². The molecular formula is C56H38N2OS. The number of fused-ring (bicyclic) bond motifs is 5. The minimum atomic E-state index is 0.172. The van der Waals surface area contributed by atoms with Crippen LogP contribution < -0.4 is 9.80 Å². The van der Waals surface area contributed by atoms with Crippen LogP contribution >= 0.6 is 11.3 Å². The Balaban J connectivity index is 1.16. The molecule has 0 aliphatic carbocycles. The van der Waals surface area contributed by atoms with Crippen LogP contribution in [-0.2, 0) is 0 Å². The van der Waals surface area contributed by atoms with Gasteiger partial charge < -0.3 is 14.9 Å². The highest BCUT2D eigenvalue weighted by Crippen LogP contribution is 2.52. The zero-order valence-corrected chi connectivity index (χ0v) is 33.4. The van der Waals surface area contributed by atoms with Crippen molar-refractivity contribution in [3.8, 4) is 28.0 Å². The van der Waals surface area contributed by atoms with Crippen molar-refractivity contribution in [1.29, 1.82) is 0 Å². The van der Waals surface area contributed by atoms with Crippen LogP contribution in [0, 0.1) is 0 Å². The van der Waals surface area contributed by atoms with E-state index >= 15 is 0 Å². The number of benzene rings is 10. The minimum Gasteiger partial charge on any atom is -0.504 e. The monoisotopic (exact) mass is 786 g/mol. The van der Waals surface area contributed by atoms with E-state index in [0.717, 1.165) is 66.5 Å². The molecule has 0 aliphatic rings. The summed E-state index contributed by atoms with van der Waals surface area (Å²) in [6.07, 6.45) is 0. The van der Waals surface area contributed by atoms with Gasteiger partial charge in [-0.3, -0.25) is 0 Å². The molecule has 4 heteroatoms. The van der Waals surface area contributed by atoms with Crippen molar-refractivity contribution >= 4 is 87.2 Å². The van der Waals surface area contributed by atoms with Gasteiger partial charge in [-0.1, -0.05) is 170 Å². The molecule has 1 aromatic heterocycles. The topological polar surface area (TPSA) is 26.7 Å². The Hall–Kier alpha value is -7.66. The standard InChI is InChI=1S/C56H38N2OS/c59-56-52(57(40-21-8-3-9-22-40)50-35-33-42(38-17-4-1-5-18-38)44-23-10-12-25-46(44)50)28-16-29-53(56)58(41-31-32-49-48-27-14-15-30-54(48)60-55(49)37-41)51-36-34-43(39-19-6-2-7-20-39)45-24-11-13-26-47(45)51/h1-37,59H. The lowest BCUT2D eigenvalue weighted by atomic mass is 9.96. The van der Waals surface area contributed by atoms with Gasteiger partial charge in [-0.2, -0.15) is 0 Å². The summed E-state index contributed by atoms with van der Waals surface area (Å²) < 4.78 is 2.44. The molecular weight excluding hydrogens is 749 g/mol. The fourth-order valence-electron chi connectivity index (χ4n) is 8.82. The molecule has 11 aromatic rings. The Morgan fingerprint density at radius 3 is 1.32 bits per heavy atom. The minimum absolute atomic E-state index is 0.172. The summed E-state index contributed by atoms with van der Waals surface area (Å²) in [6, 6.07) is 78.9. The van der Waals surface area contributed by atoms with Crippen molar-refractivity contribution in [1.82, 2.24) is 0 Å². The van der Waals surface area contributed by atoms with Crippen LogP contribution in [0.4, 0.5) is 34.1 Å². The van der Waals surface area contributed by atoms with E-state index in [1.54, 1.807) is 11.3 Å². The van der Waals surface area contributed by atoms with Gasteiger partial charge in [0.15, 0.2) is 5.75 Å². The highest BCUT2D eigenvalue weighted by atomic mass is 32.1. The van der Waals surface area contributed by atoms with Crippen LogP contribution in [-0.4, -0.2) is 5.11 Å². The fourth-order valence-corrected chi connectivity index (χ4v) is 9.96. The maximum absolute atomic E-state index is 13.0. The van der Waals surface area contributed by atoms with E-state index in [1.165, 1.54) is 20.2 Å². The molecule has 0 bridgehead atoms. The number of thiophene rings is 1. The number of para-hydroxylation sites is 2. The summed E-state index contributed by atoms with van der Waals surface area (Å²) in [6.45, 7) is 0. The average molecular weight is 787 g/mol. The second-order valence-electron chi connectivity index (χ2n) is 15.0. The van der Waals surface area contributed by atoms with Crippen LogP contribution in [0.15, 0.2) is 224 Å². The molecule has 0 amide bonds. The van der Waals surface area contributed by atoms with Crippen molar-refractivity contribution < 1.29 is 5.11 Å². The quantitative estimate of drug-likeness (QED) is 0.166. The summed E-state index contributed by atoms with van der Waals surface area (Å²) in [4.78, 5) is 4.43. The van der Waals surface area contributed by atoms with E-state index < -0.39 is 0 Å². The third-order valence-corrected chi connectivity index (χ3v) is 12.7. The highest BCUT2D eigenvalue weighted by molar-refractivity contribution is 7.25. The van der Waals surface area contributed by atoms with E-state index in [0.29, 0.717) is 11.4 Å². The van der Waals surface area contributed by atoms with Crippen molar-refractivity contribution in [2.45, 2.75) is 0 Å². The third kappa shape index (κ3) is 6.05.